The van der Waals surface area contributed by atoms with Crippen LogP contribution in [0.1, 0.15) is 30.9 Å². The summed E-state index contributed by atoms with van der Waals surface area (Å²) in [5.74, 6) is 1.37. The third-order valence-corrected chi connectivity index (χ3v) is 3.86. The van der Waals surface area contributed by atoms with Gasteiger partial charge in [0, 0.05) is 12.6 Å². The molecule has 2 rings (SSSR count). The second-order valence-electron chi connectivity index (χ2n) is 5.22. The lowest BCUT2D eigenvalue weighted by molar-refractivity contribution is 0.414. The highest BCUT2D eigenvalue weighted by Crippen LogP contribution is 2.22. The SMILES string of the molecule is COc1ccc(C(C)[C@@H](C)NCc2ccccc2)cc1. The highest BCUT2D eigenvalue weighted by atomic mass is 16.5. The van der Waals surface area contributed by atoms with Gasteiger partial charge in [0.25, 0.3) is 0 Å². The van der Waals surface area contributed by atoms with E-state index in [2.05, 4.69) is 55.6 Å². The Hall–Kier alpha value is -1.80. The first kappa shape index (κ1) is 14.6. The fraction of sp³-hybridized carbons (Fsp3) is 0.333. The number of nitrogens with one attached hydrogen (secondary N) is 1. The van der Waals surface area contributed by atoms with Gasteiger partial charge >= 0.3 is 0 Å². The molecule has 0 fully saturated rings. The Morgan fingerprint density at radius 2 is 1.60 bits per heavy atom. The lowest BCUT2D eigenvalue weighted by atomic mass is 9.94. The van der Waals surface area contributed by atoms with Gasteiger partial charge in [0.15, 0.2) is 0 Å². The number of benzene rings is 2. The van der Waals surface area contributed by atoms with Crippen LogP contribution in [0.4, 0.5) is 0 Å². The van der Waals surface area contributed by atoms with Crippen LogP contribution in [0.25, 0.3) is 0 Å². The standard InChI is InChI=1S/C18H23NO/c1-14(17-9-11-18(20-3)12-10-17)15(2)19-13-16-7-5-4-6-8-16/h4-12,14-15,19H,13H2,1-3H3/t14?,15-/m1/s1. The molecule has 0 aromatic heterocycles. The van der Waals surface area contributed by atoms with Crippen molar-refractivity contribution in [3.8, 4) is 5.75 Å². The molecule has 2 aromatic carbocycles. The summed E-state index contributed by atoms with van der Waals surface area (Å²) in [5.41, 5.74) is 2.65. The van der Waals surface area contributed by atoms with Crippen LogP contribution in [-0.2, 0) is 6.54 Å². The van der Waals surface area contributed by atoms with Gasteiger partial charge in [0.05, 0.1) is 7.11 Å². The van der Waals surface area contributed by atoms with Crippen LogP contribution < -0.4 is 10.1 Å². The fourth-order valence-electron chi connectivity index (χ4n) is 2.25. The monoisotopic (exact) mass is 269 g/mol. The van der Waals surface area contributed by atoms with E-state index in [0.717, 1.165) is 12.3 Å². The Morgan fingerprint density at radius 1 is 0.950 bits per heavy atom. The maximum absolute atomic E-state index is 5.20. The Labute approximate surface area is 121 Å². The van der Waals surface area contributed by atoms with E-state index in [9.17, 15) is 0 Å². The third-order valence-electron chi connectivity index (χ3n) is 3.86. The highest BCUT2D eigenvalue weighted by Gasteiger charge is 2.13. The molecule has 0 aliphatic rings. The van der Waals surface area contributed by atoms with Gasteiger partial charge < -0.3 is 10.1 Å². The smallest absolute Gasteiger partial charge is 0.118 e. The largest absolute Gasteiger partial charge is 0.497 e. The van der Waals surface area contributed by atoms with Gasteiger partial charge in [-0.2, -0.15) is 0 Å². The van der Waals surface area contributed by atoms with Crippen molar-refractivity contribution in [2.75, 3.05) is 7.11 Å². The Kier molecular flexibility index (Phi) is 5.19. The van der Waals surface area contributed by atoms with E-state index in [1.165, 1.54) is 11.1 Å². The summed E-state index contributed by atoms with van der Waals surface area (Å²) in [6.45, 7) is 5.39. The molecule has 0 amide bonds. The van der Waals surface area contributed by atoms with Crippen molar-refractivity contribution in [2.45, 2.75) is 32.4 Å². The Morgan fingerprint density at radius 3 is 2.20 bits per heavy atom. The first-order chi connectivity index (χ1) is 9.70. The molecule has 2 atom stereocenters. The summed E-state index contributed by atoms with van der Waals surface area (Å²) in [6.07, 6.45) is 0. The van der Waals surface area contributed by atoms with Crippen LogP contribution in [0.3, 0.4) is 0 Å². The van der Waals surface area contributed by atoms with Crippen molar-refractivity contribution in [3.63, 3.8) is 0 Å². The summed E-state index contributed by atoms with van der Waals surface area (Å²) in [7, 11) is 1.70. The van der Waals surface area contributed by atoms with E-state index in [-0.39, 0.29) is 0 Å². The highest BCUT2D eigenvalue weighted by molar-refractivity contribution is 5.29. The minimum Gasteiger partial charge on any atom is -0.497 e. The molecule has 1 unspecified atom stereocenters. The van der Waals surface area contributed by atoms with Gasteiger partial charge in [0.1, 0.15) is 5.75 Å². The topological polar surface area (TPSA) is 21.3 Å². The lowest BCUT2D eigenvalue weighted by Gasteiger charge is -2.22. The average Bonchev–Trinajstić information content (AvgIpc) is 2.53. The molecule has 2 aromatic rings. The van der Waals surface area contributed by atoms with Gasteiger partial charge in [-0.1, -0.05) is 49.4 Å². The van der Waals surface area contributed by atoms with E-state index in [4.69, 9.17) is 4.74 Å². The molecule has 106 valence electrons. The van der Waals surface area contributed by atoms with Crippen molar-refractivity contribution < 1.29 is 4.74 Å². The molecule has 2 heteroatoms. The molecular formula is C18H23NO. The van der Waals surface area contributed by atoms with Gasteiger partial charge in [-0.15, -0.1) is 0 Å². The zero-order chi connectivity index (χ0) is 14.4. The predicted molar refractivity (Wildman–Crippen MR) is 84.2 cm³/mol. The summed E-state index contributed by atoms with van der Waals surface area (Å²) in [5, 5.41) is 3.59. The number of rotatable bonds is 6. The van der Waals surface area contributed by atoms with Gasteiger partial charge in [0.2, 0.25) is 0 Å². The number of ether oxygens (including phenoxy) is 1. The minimum atomic E-state index is 0.420. The van der Waals surface area contributed by atoms with Crippen molar-refractivity contribution in [1.82, 2.24) is 5.32 Å². The van der Waals surface area contributed by atoms with Crippen LogP contribution in [-0.4, -0.2) is 13.2 Å². The predicted octanol–water partition coefficient (Wildman–Crippen LogP) is 3.98. The van der Waals surface area contributed by atoms with Crippen molar-refractivity contribution in [3.05, 3.63) is 65.7 Å². The van der Waals surface area contributed by atoms with E-state index in [1.54, 1.807) is 7.11 Å². The molecule has 0 bridgehead atoms. The number of hydrogen-bond acceptors (Lipinski definition) is 2. The second kappa shape index (κ2) is 7.11. The zero-order valence-corrected chi connectivity index (χ0v) is 12.5. The summed E-state index contributed by atoms with van der Waals surface area (Å²) >= 11 is 0. The third kappa shape index (κ3) is 3.84. The minimum absolute atomic E-state index is 0.420. The normalized spacial score (nSPS) is 13.8. The molecule has 0 saturated heterocycles. The molecule has 20 heavy (non-hydrogen) atoms. The number of methoxy groups -OCH3 is 1. The van der Waals surface area contributed by atoms with Crippen LogP contribution >= 0.6 is 0 Å². The van der Waals surface area contributed by atoms with Crippen LogP contribution in [0.5, 0.6) is 5.75 Å². The van der Waals surface area contributed by atoms with E-state index < -0.39 is 0 Å². The van der Waals surface area contributed by atoms with Crippen LogP contribution in [0, 0.1) is 0 Å². The molecule has 1 N–H and O–H groups in total. The maximum Gasteiger partial charge on any atom is 0.118 e. The summed E-state index contributed by atoms with van der Waals surface area (Å²) < 4.78 is 5.20. The fourth-order valence-corrected chi connectivity index (χ4v) is 2.25. The summed E-state index contributed by atoms with van der Waals surface area (Å²) in [4.78, 5) is 0. The molecule has 0 aliphatic heterocycles. The molecule has 2 nitrogen and oxygen atoms in total. The van der Waals surface area contributed by atoms with Crippen molar-refractivity contribution in [1.29, 1.82) is 0 Å². The zero-order valence-electron chi connectivity index (χ0n) is 12.5. The first-order valence-electron chi connectivity index (χ1n) is 7.12. The summed E-state index contributed by atoms with van der Waals surface area (Å²) in [6, 6.07) is 19.3. The number of hydrogen-bond donors (Lipinski definition) is 1. The van der Waals surface area contributed by atoms with Crippen LogP contribution in [0.2, 0.25) is 0 Å². The van der Waals surface area contributed by atoms with Gasteiger partial charge in [-0.05, 0) is 36.1 Å². The van der Waals surface area contributed by atoms with Crippen molar-refractivity contribution >= 4 is 0 Å². The molecule has 0 spiro atoms. The molecule has 0 saturated carbocycles. The molecule has 0 aliphatic carbocycles. The molecule has 0 radical (unpaired) electrons. The first-order valence-corrected chi connectivity index (χ1v) is 7.12. The average molecular weight is 269 g/mol. The second-order valence-corrected chi connectivity index (χ2v) is 5.22. The quantitative estimate of drug-likeness (QED) is 0.856. The molecular weight excluding hydrogens is 246 g/mol. The van der Waals surface area contributed by atoms with E-state index >= 15 is 0 Å². The van der Waals surface area contributed by atoms with Gasteiger partial charge in [-0.3, -0.25) is 0 Å². The van der Waals surface area contributed by atoms with Crippen LogP contribution in [0.15, 0.2) is 54.6 Å². The Bertz CT molecular complexity index is 507. The lowest BCUT2D eigenvalue weighted by Crippen LogP contribution is -2.30. The van der Waals surface area contributed by atoms with Crippen molar-refractivity contribution in [2.24, 2.45) is 0 Å². The maximum atomic E-state index is 5.20. The van der Waals surface area contributed by atoms with E-state index in [0.29, 0.717) is 12.0 Å². The van der Waals surface area contributed by atoms with E-state index in [1.807, 2.05) is 18.2 Å². The Balaban J connectivity index is 1.92. The van der Waals surface area contributed by atoms with Gasteiger partial charge in [-0.25, -0.2) is 0 Å². The molecule has 0 heterocycles.